The summed E-state index contributed by atoms with van der Waals surface area (Å²) in [5.41, 5.74) is 5.88. The van der Waals surface area contributed by atoms with Crippen LogP contribution in [0, 0.1) is 11.8 Å². The van der Waals surface area contributed by atoms with Gasteiger partial charge >= 0.3 is 0 Å². The fourth-order valence-corrected chi connectivity index (χ4v) is 3.53. The molecule has 146 valence electrons. The van der Waals surface area contributed by atoms with E-state index in [0.717, 1.165) is 39.2 Å². The summed E-state index contributed by atoms with van der Waals surface area (Å²) in [6.07, 6.45) is 1.56. The van der Waals surface area contributed by atoms with E-state index in [-0.39, 0.29) is 0 Å². The Balaban J connectivity index is 1.49. The molecule has 5 aromatic rings. The van der Waals surface area contributed by atoms with Gasteiger partial charge in [-0.2, -0.15) is 0 Å². The van der Waals surface area contributed by atoms with Gasteiger partial charge in [0.05, 0.1) is 5.52 Å². The molecule has 0 fully saturated rings. The molecule has 31 heavy (non-hydrogen) atoms. The summed E-state index contributed by atoms with van der Waals surface area (Å²) in [7, 11) is 0. The molecule has 0 atom stereocenters. The summed E-state index contributed by atoms with van der Waals surface area (Å²) >= 11 is 0. The number of para-hydroxylation sites is 3. The van der Waals surface area contributed by atoms with E-state index in [4.69, 9.17) is 0 Å². The summed E-state index contributed by atoms with van der Waals surface area (Å²) in [4.78, 5) is 10.9. The Kier molecular flexibility index (Phi) is 5.11. The van der Waals surface area contributed by atoms with Crippen molar-refractivity contribution in [3.05, 3.63) is 127 Å². The van der Waals surface area contributed by atoms with E-state index in [0.29, 0.717) is 0 Å². The van der Waals surface area contributed by atoms with Gasteiger partial charge in [0, 0.05) is 28.0 Å². The fraction of sp³-hybridized carbons (Fsp3) is 0. The van der Waals surface area contributed by atoms with Gasteiger partial charge < -0.3 is 4.90 Å². The summed E-state index contributed by atoms with van der Waals surface area (Å²) in [6.45, 7) is 0. The highest BCUT2D eigenvalue weighted by molar-refractivity contribution is 5.83. The molecule has 0 spiro atoms. The van der Waals surface area contributed by atoms with Crippen molar-refractivity contribution in [1.29, 1.82) is 0 Å². The van der Waals surface area contributed by atoms with E-state index in [1.807, 2.05) is 48.5 Å². The van der Waals surface area contributed by atoms with Crippen LogP contribution in [-0.2, 0) is 0 Å². The number of anilines is 3. The molecule has 3 heteroatoms. The average Bonchev–Trinajstić information content (AvgIpc) is 2.85. The first-order valence-electron chi connectivity index (χ1n) is 10.1. The summed E-state index contributed by atoms with van der Waals surface area (Å²) in [5, 5.41) is 0.966. The maximum Gasteiger partial charge on any atom is 0.124 e. The van der Waals surface area contributed by atoms with Crippen molar-refractivity contribution < 1.29 is 0 Å². The number of rotatable bonds is 3. The van der Waals surface area contributed by atoms with E-state index in [2.05, 4.69) is 87.4 Å². The van der Waals surface area contributed by atoms with Crippen molar-refractivity contribution in [1.82, 2.24) is 9.97 Å². The lowest BCUT2D eigenvalue weighted by atomic mass is 10.1. The van der Waals surface area contributed by atoms with Crippen LogP contribution in [0.2, 0.25) is 0 Å². The molecule has 5 rings (SSSR count). The predicted molar refractivity (Wildman–Crippen MR) is 127 cm³/mol. The van der Waals surface area contributed by atoms with Gasteiger partial charge in [0.25, 0.3) is 0 Å². The van der Waals surface area contributed by atoms with Gasteiger partial charge in [0.15, 0.2) is 0 Å². The Hall–Kier alpha value is -4.42. The van der Waals surface area contributed by atoms with Crippen LogP contribution in [0.1, 0.15) is 11.3 Å². The van der Waals surface area contributed by atoms with Crippen LogP contribution >= 0.6 is 0 Å². The first kappa shape index (κ1) is 18.6. The van der Waals surface area contributed by atoms with Crippen molar-refractivity contribution in [2.75, 3.05) is 4.90 Å². The molecule has 3 nitrogen and oxygen atoms in total. The molecule has 0 aliphatic heterocycles. The van der Waals surface area contributed by atoms with E-state index >= 15 is 0 Å². The molecule has 0 saturated carbocycles. The van der Waals surface area contributed by atoms with Crippen molar-refractivity contribution in [2.45, 2.75) is 0 Å². The van der Waals surface area contributed by atoms with Crippen LogP contribution in [0.4, 0.5) is 17.1 Å². The lowest BCUT2D eigenvalue weighted by molar-refractivity contribution is 1.20. The van der Waals surface area contributed by atoms with E-state index in [9.17, 15) is 0 Å². The normalized spacial score (nSPS) is 10.3. The third-order valence-corrected chi connectivity index (χ3v) is 5.02. The minimum Gasteiger partial charge on any atom is -0.311 e. The van der Waals surface area contributed by atoms with Crippen LogP contribution < -0.4 is 4.90 Å². The number of aromatic nitrogens is 2. The lowest BCUT2D eigenvalue weighted by Gasteiger charge is -2.25. The standard InChI is InChI=1S/C28H19N3/c1-3-9-23(10-4-1)31(24-11-5-2-6-12-24)25-18-15-22(16-19-25)17-20-28-26-13-7-8-14-27(26)29-21-30-28/h1-16,18-19,21H. The number of hydrogen-bond donors (Lipinski definition) is 0. The second-order valence-corrected chi connectivity index (χ2v) is 7.04. The number of benzene rings is 4. The van der Waals surface area contributed by atoms with Crippen LogP contribution in [-0.4, -0.2) is 9.97 Å². The monoisotopic (exact) mass is 397 g/mol. The molecule has 1 heterocycles. The van der Waals surface area contributed by atoms with Gasteiger partial charge in [0.2, 0.25) is 0 Å². The Labute approximate surface area is 181 Å². The van der Waals surface area contributed by atoms with Gasteiger partial charge in [0.1, 0.15) is 12.0 Å². The molecule has 0 bridgehead atoms. The largest absolute Gasteiger partial charge is 0.311 e. The Morgan fingerprint density at radius 1 is 0.516 bits per heavy atom. The van der Waals surface area contributed by atoms with Gasteiger partial charge in [-0.15, -0.1) is 0 Å². The fourth-order valence-electron chi connectivity index (χ4n) is 3.53. The number of nitrogens with zero attached hydrogens (tertiary/aromatic N) is 3. The third kappa shape index (κ3) is 4.01. The first-order chi connectivity index (χ1) is 15.4. The maximum absolute atomic E-state index is 4.35. The van der Waals surface area contributed by atoms with Crippen LogP contribution in [0.3, 0.4) is 0 Å². The van der Waals surface area contributed by atoms with Gasteiger partial charge in [-0.05, 0) is 66.6 Å². The minimum atomic E-state index is 0.741. The molecule has 0 aliphatic carbocycles. The first-order valence-corrected chi connectivity index (χ1v) is 10.1. The highest BCUT2D eigenvalue weighted by Gasteiger charge is 2.11. The Bertz CT molecular complexity index is 1320. The van der Waals surface area contributed by atoms with Gasteiger partial charge in [-0.25, -0.2) is 9.97 Å². The molecule has 0 N–H and O–H groups in total. The topological polar surface area (TPSA) is 29.0 Å². The molecular formula is C28H19N3. The predicted octanol–water partition coefficient (Wildman–Crippen LogP) is 6.50. The smallest absolute Gasteiger partial charge is 0.124 e. The average molecular weight is 397 g/mol. The molecule has 0 unspecified atom stereocenters. The second-order valence-electron chi connectivity index (χ2n) is 7.04. The van der Waals surface area contributed by atoms with Crippen LogP contribution in [0.15, 0.2) is 116 Å². The zero-order valence-corrected chi connectivity index (χ0v) is 16.8. The molecule has 0 aliphatic rings. The Morgan fingerprint density at radius 3 is 1.77 bits per heavy atom. The van der Waals surface area contributed by atoms with Gasteiger partial charge in [-0.1, -0.05) is 54.5 Å². The zero-order valence-electron chi connectivity index (χ0n) is 16.8. The zero-order chi connectivity index (χ0) is 20.9. The van der Waals surface area contributed by atoms with Crippen molar-refractivity contribution >= 4 is 28.0 Å². The molecule has 0 radical (unpaired) electrons. The minimum absolute atomic E-state index is 0.741. The van der Waals surface area contributed by atoms with Gasteiger partial charge in [-0.3, -0.25) is 0 Å². The highest BCUT2D eigenvalue weighted by Crippen LogP contribution is 2.33. The molecule has 1 aromatic heterocycles. The van der Waals surface area contributed by atoms with E-state index in [1.165, 1.54) is 0 Å². The van der Waals surface area contributed by atoms with Crippen molar-refractivity contribution in [3.63, 3.8) is 0 Å². The summed E-state index contributed by atoms with van der Waals surface area (Å²) < 4.78 is 0. The van der Waals surface area contributed by atoms with Crippen molar-refractivity contribution in [3.8, 4) is 11.8 Å². The summed E-state index contributed by atoms with van der Waals surface area (Å²) in [5.74, 6) is 6.44. The number of hydrogen-bond acceptors (Lipinski definition) is 3. The third-order valence-electron chi connectivity index (χ3n) is 5.02. The second kappa shape index (κ2) is 8.52. The number of fused-ring (bicyclic) bond motifs is 1. The lowest BCUT2D eigenvalue weighted by Crippen LogP contribution is -2.09. The quantitative estimate of drug-likeness (QED) is 0.325. The summed E-state index contributed by atoms with van der Waals surface area (Å²) in [6, 6.07) is 36.9. The Morgan fingerprint density at radius 2 is 1.10 bits per heavy atom. The van der Waals surface area contributed by atoms with Crippen molar-refractivity contribution in [2.24, 2.45) is 0 Å². The SMILES string of the molecule is C(#Cc1ncnc2ccccc12)c1ccc(N(c2ccccc2)c2ccccc2)cc1. The maximum atomic E-state index is 4.35. The highest BCUT2D eigenvalue weighted by atomic mass is 15.1. The van der Waals surface area contributed by atoms with Crippen LogP contribution in [0.25, 0.3) is 10.9 Å². The van der Waals surface area contributed by atoms with E-state index < -0.39 is 0 Å². The van der Waals surface area contributed by atoms with E-state index in [1.54, 1.807) is 6.33 Å². The molecule has 4 aromatic carbocycles. The molecule has 0 saturated heterocycles. The molecule has 0 amide bonds. The molecular weight excluding hydrogens is 378 g/mol. The van der Waals surface area contributed by atoms with Crippen LogP contribution in [0.5, 0.6) is 0 Å².